The van der Waals surface area contributed by atoms with Gasteiger partial charge in [0, 0.05) is 37.0 Å². The molecule has 0 saturated carbocycles. The molecule has 41 heavy (non-hydrogen) atoms. The lowest BCUT2D eigenvalue weighted by Crippen LogP contribution is -2.51. The van der Waals surface area contributed by atoms with Crippen molar-refractivity contribution < 1.29 is 18.0 Å². The van der Waals surface area contributed by atoms with Crippen LogP contribution in [0.5, 0.6) is 0 Å². The predicted molar refractivity (Wildman–Crippen MR) is 167 cm³/mol. The number of benzene rings is 3. The maximum absolute atomic E-state index is 13.9. The van der Waals surface area contributed by atoms with Gasteiger partial charge in [0.25, 0.3) is 0 Å². The van der Waals surface area contributed by atoms with Crippen molar-refractivity contribution in [1.29, 1.82) is 0 Å². The Hall–Kier alpha value is -3.36. The van der Waals surface area contributed by atoms with Crippen molar-refractivity contribution in [3.8, 4) is 0 Å². The highest BCUT2D eigenvalue weighted by molar-refractivity contribution is 7.92. The number of hydrogen-bond acceptors (Lipinski definition) is 4. The molecule has 0 unspecified atom stereocenters. The van der Waals surface area contributed by atoms with E-state index in [1.165, 1.54) is 10.6 Å². The van der Waals surface area contributed by atoms with E-state index in [-0.39, 0.29) is 43.8 Å². The molecule has 0 aliphatic rings. The van der Waals surface area contributed by atoms with Crippen LogP contribution in [0.15, 0.2) is 72.8 Å². The van der Waals surface area contributed by atoms with Crippen LogP contribution in [0.2, 0.25) is 5.02 Å². The Balaban J connectivity index is 1.91. The van der Waals surface area contributed by atoms with Crippen LogP contribution in [-0.2, 0) is 32.6 Å². The molecule has 3 aromatic carbocycles. The highest BCUT2D eigenvalue weighted by Gasteiger charge is 2.31. The van der Waals surface area contributed by atoms with E-state index >= 15 is 0 Å². The van der Waals surface area contributed by atoms with E-state index in [0.29, 0.717) is 17.1 Å². The summed E-state index contributed by atoms with van der Waals surface area (Å²) in [6.45, 7) is 7.82. The number of rotatable bonds is 13. The summed E-state index contributed by atoms with van der Waals surface area (Å²) >= 11 is 6.48. The van der Waals surface area contributed by atoms with Gasteiger partial charge in [-0.25, -0.2) is 8.42 Å². The Bertz CT molecular complexity index is 1440. The Labute approximate surface area is 249 Å². The third kappa shape index (κ3) is 9.33. The van der Waals surface area contributed by atoms with E-state index in [1.54, 1.807) is 11.0 Å². The van der Waals surface area contributed by atoms with Crippen LogP contribution < -0.4 is 9.62 Å². The minimum Gasteiger partial charge on any atom is -0.352 e. The van der Waals surface area contributed by atoms with E-state index in [0.717, 1.165) is 22.3 Å². The summed E-state index contributed by atoms with van der Waals surface area (Å²) in [6.07, 6.45) is 1.84. The third-order valence-corrected chi connectivity index (χ3v) is 8.33. The molecular weight excluding hydrogens is 558 g/mol. The summed E-state index contributed by atoms with van der Waals surface area (Å²) in [7, 11) is -3.59. The lowest BCUT2D eigenvalue weighted by atomic mass is 10.0. The quantitative estimate of drug-likeness (QED) is 0.275. The normalized spacial score (nSPS) is 12.2. The second-order valence-corrected chi connectivity index (χ2v) is 13.0. The fraction of sp³-hybridized carbons (Fsp3) is 0.375. The van der Waals surface area contributed by atoms with E-state index in [2.05, 4.69) is 5.32 Å². The molecule has 0 heterocycles. The zero-order valence-electron chi connectivity index (χ0n) is 24.4. The standard InChI is InChI=1S/C32H40ClN3O4S/c1-23(2)34-32(38)30(21-26-12-7-6-8-13-26)35(22-27-14-9-10-15-28(27)33)31(37)16-11-19-36(41(5,39)40)29-20-24(3)17-18-25(29)4/h6-10,12-15,17-18,20,23,30H,11,16,19,21-22H2,1-5H3,(H,34,38)/t30-/m1/s1. The average molecular weight is 598 g/mol. The predicted octanol–water partition coefficient (Wildman–Crippen LogP) is 5.67. The first-order chi connectivity index (χ1) is 19.4. The smallest absolute Gasteiger partial charge is 0.243 e. The van der Waals surface area contributed by atoms with Crippen molar-refractivity contribution >= 4 is 39.1 Å². The molecule has 0 fully saturated rings. The van der Waals surface area contributed by atoms with Gasteiger partial charge in [0.2, 0.25) is 21.8 Å². The molecule has 7 nitrogen and oxygen atoms in total. The van der Waals surface area contributed by atoms with Crippen LogP contribution in [0.25, 0.3) is 0 Å². The molecule has 1 atom stereocenters. The molecule has 0 aliphatic heterocycles. The number of carbonyl (C=O) groups is 2. The highest BCUT2D eigenvalue weighted by Crippen LogP contribution is 2.25. The number of sulfonamides is 1. The fourth-order valence-corrected chi connectivity index (χ4v) is 5.93. The van der Waals surface area contributed by atoms with Gasteiger partial charge >= 0.3 is 0 Å². The number of anilines is 1. The maximum Gasteiger partial charge on any atom is 0.243 e. The average Bonchev–Trinajstić information content (AvgIpc) is 2.90. The summed E-state index contributed by atoms with van der Waals surface area (Å²) in [5.41, 5.74) is 4.03. The number of hydrogen-bond donors (Lipinski definition) is 1. The minimum atomic E-state index is -3.59. The van der Waals surface area contributed by atoms with E-state index < -0.39 is 16.1 Å². The van der Waals surface area contributed by atoms with Crippen molar-refractivity contribution in [2.45, 2.75) is 65.6 Å². The number of carbonyl (C=O) groups excluding carboxylic acids is 2. The van der Waals surface area contributed by atoms with Gasteiger partial charge in [-0.2, -0.15) is 0 Å². The number of halogens is 1. The first-order valence-electron chi connectivity index (χ1n) is 13.8. The molecule has 0 saturated heterocycles. The van der Waals surface area contributed by atoms with Crippen LogP contribution in [0.1, 0.15) is 48.9 Å². The van der Waals surface area contributed by atoms with Crippen LogP contribution in [-0.4, -0.2) is 50.0 Å². The van der Waals surface area contributed by atoms with Crippen molar-refractivity contribution in [2.75, 3.05) is 17.1 Å². The third-order valence-electron chi connectivity index (χ3n) is 6.79. The van der Waals surface area contributed by atoms with E-state index in [4.69, 9.17) is 11.6 Å². The van der Waals surface area contributed by atoms with Crippen molar-refractivity contribution in [3.63, 3.8) is 0 Å². The Morgan fingerprint density at radius 3 is 2.24 bits per heavy atom. The molecule has 3 rings (SSSR count). The van der Waals surface area contributed by atoms with Crippen LogP contribution in [0.4, 0.5) is 5.69 Å². The monoisotopic (exact) mass is 597 g/mol. The zero-order valence-corrected chi connectivity index (χ0v) is 26.0. The fourth-order valence-electron chi connectivity index (χ4n) is 4.72. The summed E-state index contributed by atoms with van der Waals surface area (Å²) in [5, 5.41) is 3.48. The molecule has 0 aromatic heterocycles. The van der Waals surface area contributed by atoms with E-state index in [9.17, 15) is 18.0 Å². The number of aryl methyl sites for hydroxylation is 2. The number of nitrogens with one attached hydrogen (secondary N) is 1. The van der Waals surface area contributed by atoms with Gasteiger partial charge in [-0.15, -0.1) is 0 Å². The van der Waals surface area contributed by atoms with Crippen molar-refractivity contribution in [1.82, 2.24) is 10.2 Å². The van der Waals surface area contributed by atoms with Gasteiger partial charge < -0.3 is 10.2 Å². The molecule has 3 aromatic rings. The molecule has 2 amide bonds. The minimum absolute atomic E-state index is 0.0571. The lowest BCUT2D eigenvalue weighted by molar-refractivity contribution is -0.141. The first-order valence-corrected chi connectivity index (χ1v) is 16.0. The molecule has 1 N–H and O–H groups in total. The first kappa shape index (κ1) is 32.2. The maximum atomic E-state index is 13.9. The van der Waals surface area contributed by atoms with Crippen molar-refractivity contribution in [3.05, 3.63) is 100 Å². The summed E-state index contributed by atoms with van der Waals surface area (Å²) in [6, 6.07) is 21.6. The number of nitrogens with zero attached hydrogens (tertiary/aromatic N) is 2. The largest absolute Gasteiger partial charge is 0.352 e. The summed E-state index contributed by atoms with van der Waals surface area (Å²) in [4.78, 5) is 29.0. The second kappa shape index (κ2) is 14.5. The highest BCUT2D eigenvalue weighted by atomic mass is 35.5. The molecule has 0 aliphatic carbocycles. The lowest BCUT2D eigenvalue weighted by Gasteiger charge is -2.32. The van der Waals surface area contributed by atoms with Crippen LogP contribution in [0, 0.1) is 13.8 Å². The van der Waals surface area contributed by atoms with Gasteiger partial charge in [0.1, 0.15) is 6.04 Å². The van der Waals surface area contributed by atoms with E-state index in [1.807, 2.05) is 94.4 Å². The summed E-state index contributed by atoms with van der Waals surface area (Å²) in [5.74, 6) is -0.503. The van der Waals surface area contributed by atoms with Gasteiger partial charge in [0.15, 0.2) is 0 Å². The molecular formula is C32H40ClN3O4S. The van der Waals surface area contributed by atoms with Gasteiger partial charge in [-0.05, 0) is 68.5 Å². The van der Waals surface area contributed by atoms with Crippen LogP contribution >= 0.6 is 11.6 Å². The molecule has 0 spiro atoms. The second-order valence-electron chi connectivity index (χ2n) is 10.7. The summed E-state index contributed by atoms with van der Waals surface area (Å²) < 4.78 is 26.9. The molecule has 220 valence electrons. The topological polar surface area (TPSA) is 86.8 Å². The van der Waals surface area contributed by atoms with Gasteiger partial charge in [0.05, 0.1) is 11.9 Å². The molecule has 0 radical (unpaired) electrons. The zero-order chi connectivity index (χ0) is 30.2. The SMILES string of the molecule is Cc1ccc(C)c(N(CCCC(=O)N(Cc2ccccc2Cl)[C@H](Cc2ccccc2)C(=O)NC(C)C)S(C)(=O)=O)c1. The number of amides is 2. The Morgan fingerprint density at radius 2 is 1.61 bits per heavy atom. The molecule has 0 bridgehead atoms. The van der Waals surface area contributed by atoms with Gasteiger partial charge in [-0.1, -0.05) is 72.3 Å². The van der Waals surface area contributed by atoms with Gasteiger partial charge in [-0.3, -0.25) is 13.9 Å². The van der Waals surface area contributed by atoms with Crippen molar-refractivity contribution in [2.24, 2.45) is 0 Å². The van der Waals surface area contributed by atoms with Crippen LogP contribution in [0.3, 0.4) is 0 Å². The Kier molecular flexibility index (Phi) is 11.4. The Morgan fingerprint density at radius 1 is 0.951 bits per heavy atom. The molecule has 9 heteroatoms.